The van der Waals surface area contributed by atoms with E-state index in [4.69, 9.17) is 30.2 Å². The third-order valence-corrected chi connectivity index (χ3v) is 5.24. The number of hydrogen-bond acceptors (Lipinski definition) is 8. The SMILES string of the molecule is COCCC(C(=O)OC(C)(C)C)n1cc(OC)c(-c2cc(Cl)ccc2-c2nnc(C(F)F)o2)cc1=O. The Morgan fingerprint density at radius 2 is 1.86 bits per heavy atom. The maximum absolute atomic E-state index is 13.3. The number of aromatic nitrogens is 3. The molecule has 0 aliphatic heterocycles. The summed E-state index contributed by atoms with van der Waals surface area (Å²) >= 11 is 6.20. The molecule has 0 spiro atoms. The molecule has 3 rings (SSSR count). The van der Waals surface area contributed by atoms with Crippen LogP contribution in [0.1, 0.15) is 45.6 Å². The van der Waals surface area contributed by atoms with E-state index in [0.29, 0.717) is 10.6 Å². The molecule has 1 unspecified atom stereocenters. The predicted molar refractivity (Wildman–Crippen MR) is 127 cm³/mol. The molecular formula is C24H26ClF2N3O6. The number of esters is 1. The first-order chi connectivity index (χ1) is 16.9. The molecule has 1 atom stereocenters. The van der Waals surface area contributed by atoms with Gasteiger partial charge in [-0.3, -0.25) is 9.36 Å². The minimum Gasteiger partial charge on any atom is -0.495 e. The lowest BCUT2D eigenvalue weighted by Gasteiger charge is -2.25. The topological polar surface area (TPSA) is 106 Å². The Morgan fingerprint density at radius 3 is 2.44 bits per heavy atom. The number of halogens is 3. The van der Waals surface area contributed by atoms with Crippen molar-refractivity contribution in [2.45, 2.75) is 45.3 Å². The average molecular weight is 526 g/mol. The molecular weight excluding hydrogens is 500 g/mol. The molecule has 0 saturated heterocycles. The summed E-state index contributed by atoms with van der Waals surface area (Å²) < 4.78 is 48.5. The first-order valence-electron chi connectivity index (χ1n) is 10.9. The molecule has 0 aliphatic carbocycles. The van der Waals surface area contributed by atoms with Gasteiger partial charge in [0.15, 0.2) is 0 Å². The zero-order valence-corrected chi connectivity index (χ0v) is 21.1. The van der Waals surface area contributed by atoms with Crippen LogP contribution in [0.25, 0.3) is 22.6 Å². The molecule has 1 aromatic carbocycles. The number of nitrogens with zero attached hydrogens (tertiary/aromatic N) is 3. The molecule has 9 nitrogen and oxygen atoms in total. The zero-order valence-electron chi connectivity index (χ0n) is 20.4. The Kier molecular flexibility index (Phi) is 8.47. The molecule has 0 fully saturated rings. The van der Waals surface area contributed by atoms with Crippen molar-refractivity contribution in [2.75, 3.05) is 20.8 Å². The highest BCUT2D eigenvalue weighted by atomic mass is 35.5. The first kappa shape index (κ1) is 27.3. The van der Waals surface area contributed by atoms with Gasteiger partial charge in [-0.05, 0) is 44.5 Å². The lowest BCUT2D eigenvalue weighted by Crippen LogP contribution is -2.35. The van der Waals surface area contributed by atoms with Crippen molar-refractivity contribution >= 4 is 17.6 Å². The van der Waals surface area contributed by atoms with Crippen molar-refractivity contribution in [3.8, 4) is 28.3 Å². The molecule has 0 aliphatic rings. The van der Waals surface area contributed by atoms with Gasteiger partial charge < -0.3 is 18.6 Å². The summed E-state index contributed by atoms with van der Waals surface area (Å²) in [5.41, 5.74) is -0.436. The van der Waals surface area contributed by atoms with Gasteiger partial charge in [0.25, 0.3) is 11.4 Å². The smallest absolute Gasteiger partial charge is 0.329 e. The van der Waals surface area contributed by atoms with E-state index in [1.165, 1.54) is 49.2 Å². The van der Waals surface area contributed by atoms with Crippen LogP contribution in [-0.2, 0) is 14.3 Å². The largest absolute Gasteiger partial charge is 0.495 e. The number of alkyl halides is 2. The normalized spacial score (nSPS) is 12.6. The van der Waals surface area contributed by atoms with Gasteiger partial charge in [-0.1, -0.05) is 11.6 Å². The second-order valence-electron chi connectivity index (χ2n) is 8.77. The highest BCUT2D eigenvalue weighted by Gasteiger charge is 2.29. The van der Waals surface area contributed by atoms with E-state index in [-0.39, 0.29) is 35.8 Å². The maximum Gasteiger partial charge on any atom is 0.329 e. The van der Waals surface area contributed by atoms with Crippen molar-refractivity contribution in [1.82, 2.24) is 14.8 Å². The van der Waals surface area contributed by atoms with E-state index < -0.39 is 35.5 Å². The number of ether oxygens (including phenoxy) is 3. The number of hydrogen-bond donors (Lipinski definition) is 0. The van der Waals surface area contributed by atoms with E-state index in [9.17, 15) is 18.4 Å². The van der Waals surface area contributed by atoms with E-state index in [1.54, 1.807) is 20.8 Å². The summed E-state index contributed by atoms with van der Waals surface area (Å²) in [7, 11) is 2.87. The van der Waals surface area contributed by atoms with Gasteiger partial charge in [0.2, 0.25) is 5.89 Å². The highest BCUT2D eigenvalue weighted by Crippen LogP contribution is 2.38. The molecule has 0 amide bonds. The average Bonchev–Trinajstić information content (AvgIpc) is 3.29. The second-order valence-corrected chi connectivity index (χ2v) is 9.20. The molecule has 12 heteroatoms. The summed E-state index contributed by atoms with van der Waals surface area (Å²) in [6.45, 7) is 5.37. The van der Waals surface area contributed by atoms with Gasteiger partial charge in [0.1, 0.15) is 17.4 Å². The predicted octanol–water partition coefficient (Wildman–Crippen LogP) is 5.08. The van der Waals surface area contributed by atoms with Gasteiger partial charge in [-0.25, -0.2) is 4.79 Å². The van der Waals surface area contributed by atoms with Crippen LogP contribution < -0.4 is 10.3 Å². The van der Waals surface area contributed by atoms with E-state index in [2.05, 4.69) is 10.2 Å². The van der Waals surface area contributed by atoms with Crippen LogP contribution in [0.4, 0.5) is 8.78 Å². The fourth-order valence-electron chi connectivity index (χ4n) is 3.47. The minimum absolute atomic E-state index is 0.175. The van der Waals surface area contributed by atoms with Crippen molar-refractivity contribution < 1.29 is 32.2 Å². The quantitative estimate of drug-likeness (QED) is 0.356. The van der Waals surface area contributed by atoms with Crippen LogP contribution in [0.2, 0.25) is 5.02 Å². The van der Waals surface area contributed by atoms with Crippen molar-refractivity contribution in [3.63, 3.8) is 0 Å². The fraction of sp³-hybridized carbons (Fsp3) is 0.417. The minimum atomic E-state index is -2.95. The van der Waals surface area contributed by atoms with Gasteiger partial charge in [-0.2, -0.15) is 8.78 Å². The molecule has 0 bridgehead atoms. The fourth-order valence-corrected chi connectivity index (χ4v) is 3.64. The van der Waals surface area contributed by atoms with E-state index in [1.807, 2.05) is 0 Å². The molecule has 0 saturated carbocycles. The maximum atomic E-state index is 13.3. The first-order valence-corrected chi connectivity index (χ1v) is 11.3. The second kappa shape index (κ2) is 11.2. The van der Waals surface area contributed by atoms with Crippen LogP contribution in [0.15, 0.2) is 39.7 Å². The van der Waals surface area contributed by atoms with Crippen LogP contribution in [0, 0.1) is 0 Å². The molecule has 3 aromatic rings. The Labute approximate surface area is 210 Å². The van der Waals surface area contributed by atoms with Gasteiger partial charge in [-0.15, -0.1) is 10.2 Å². The highest BCUT2D eigenvalue weighted by molar-refractivity contribution is 6.31. The summed E-state index contributed by atoms with van der Waals surface area (Å²) in [5.74, 6) is -1.43. The Morgan fingerprint density at radius 1 is 1.14 bits per heavy atom. The summed E-state index contributed by atoms with van der Waals surface area (Å²) in [6.07, 6.45) is -1.39. The van der Waals surface area contributed by atoms with Crippen LogP contribution >= 0.6 is 11.6 Å². The van der Waals surface area contributed by atoms with Crippen molar-refractivity contribution in [2.24, 2.45) is 0 Å². The Bertz CT molecular complexity index is 1290. The van der Waals surface area contributed by atoms with Crippen LogP contribution in [-0.4, -0.2) is 47.2 Å². The molecule has 0 radical (unpaired) electrons. The van der Waals surface area contributed by atoms with Crippen LogP contribution in [0.3, 0.4) is 0 Å². The number of carbonyl (C=O) groups excluding carboxylic acids is 1. The Balaban J connectivity index is 2.15. The van der Waals surface area contributed by atoms with Gasteiger partial charge in [0, 0.05) is 42.4 Å². The third-order valence-electron chi connectivity index (χ3n) is 5.00. The summed E-state index contributed by atoms with van der Waals surface area (Å²) in [5, 5.41) is 7.37. The van der Waals surface area contributed by atoms with E-state index >= 15 is 0 Å². The Hall–Kier alpha value is -3.31. The lowest BCUT2D eigenvalue weighted by molar-refractivity contribution is -0.159. The molecule has 194 valence electrons. The molecule has 0 N–H and O–H groups in total. The number of pyridine rings is 1. The molecule has 36 heavy (non-hydrogen) atoms. The third kappa shape index (κ3) is 6.27. The van der Waals surface area contributed by atoms with Crippen LogP contribution in [0.5, 0.6) is 5.75 Å². The van der Waals surface area contributed by atoms with Crippen molar-refractivity contribution in [1.29, 1.82) is 0 Å². The lowest BCUT2D eigenvalue weighted by atomic mass is 9.99. The summed E-state index contributed by atoms with van der Waals surface area (Å²) in [4.78, 5) is 26.2. The number of rotatable bonds is 9. The van der Waals surface area contributed by atoms with E-state index in [0.717, 1.165) is 0 Å². The number of carbonyl (C=O) groups is 1. The molecule has 2 heterocycles. The number of benzene rings is 1. The van der Waals surface area contributed by atoms with Gasteiger partial charge >= 0.3 is 12.4 Å². The van der Waals surface area contributed by atoms with Gasteiger partial charge in [0.05, 0.1) is 13.3 Å². The van der Waals surface area contributed by atoms with Crippen molar-refractivity contribution in [3.05, 3.63) is 51.7 Å². The molecule has 2 aromatic heterocycles. The zero-order chi connectivity index (χ0) is 26.6. The standard InChI is InChI=1S/C24H26ClF2N3O6/c1-24(2,3)36-23(32)17(8-9-33-4)30-12-18(34-5)16(11-19(30)31)15-10-13(25)6-7-14(15)21-28-29-22(35-21)20(26)27/h6-7,10-12,17,20H,8-9H2,1-5H3. The monoisotopic (exact) mass is 525 g/mol. The summed E-state index contributed by atoms with van der Waals surface area (Å²) in [6, 6.07) is 4.81. The number of methoxy groups -OCH3 is 2.